The molecule has 1 aromatic rings. The zero-order valence-corrected chi connectivity index (χ0v) is 11.0. The SMILES string of the molecule is Cc1cc(F)ccc1NCC1(CO)CCCCC1. The van der Waals surface area contributed by atoms with E-state index in [1.807, 2.05) is 6.92 Å². The zero-order valence-electron chi connectivity index (χ0n) is 11.0. The highest BCUT2D eigenvalue weighted by Gasteiger charge is 2.31. The molecule has 2 rings (SSSR count). The lowest BCUT2D eigenvalue weighted by molar-refractivity contribution is 0.0944. The van der Waals surface area contributed by atoms with E-state index in [0.29, 0.717) is 0 Å². The van der Waals surface area contributed by atoms with Crippen LogP contribution in [0.4, 0.5) is 10.1 Å². The van der Waals surface area contributed by atoms with E-state index in [1.54, 1.807) is 6.07 Å². The smallest absolute Gasteiger partial charge is 0.123 e. The Morgan fingerprint density at radius 2 is 2.00 bits per heavy atom. The Balaban J connectivity index is 2.01. The van der Waals surface area contributed by atoms with Crippen molar-refractivity contribution in [1.82, 2.24) is 0 Å². The van der Waals surface area contributed by atoms with Gasteiger partial charge in [-0.25, -0.2) is 4.39 Å². The van der Waals surface area contributed by atoms with Crippen LogP contribution in [0.25, 0.3) is 0 Å². The number of hydrogen-bond donors (Lipinski definition) is 2. The topological polar surface area (TPSA) is 32.3 Å². The molecular formula is C15H22FNO. The normalized spacial score (nSPS) is 18.6. The lowest BCUT2D eigenvalue weighted by atomic mass is 9.74. The standard InChI is InChI=1S/C15H22FNO/c1-12-9-13(16)5-6-14(12)17-10-15(11-18)7-3-2-4-8-15/h5-6,9,17-18H,2-4,7-8,10-11H2,1H3. The third kappa shape index (κ3) is 3.02. The van der Waals surface area contributed by atoms with E-state index < -0.39 is 0 Å². The van der Waals surface area contributed by atoms with Gasteiger partial charge in [-0.05, 0) is 43.5 Å². The van der Waals surface area contributed by atoms with E-state index in [4.69, 9.17) is 0 Å². The van der Waals surface area contributed by atoms with Crippen LogP contribution in [0.15, 0.2) is 18.2 Å². The fourth-order valence-corrected chi connectivity index (χ4v) is 2.80. The van der Waals surface area contributed by atoms with Gasteiger partial charge in [0.1, 0.15) is 5.82 Å². The van der Waals surface area contributed by atoms with Gasteiger partial charge in [-0.15, -0.1) is 0 Å². The molecule has 18 heavy (non-hydrogen) atoms. The van der Waals surface area contributed by atoms with Crippen LogP contribution in [-0.2, 0) is 0 Å². The minimum atomic E-state index is -0.201. The van der Waals surface area contributed by atoms with Crippen LogP contribution < -0.4 is 5.32 Å². The Morgan fingerprint density at radius 1 is 1.28 bits per heavy atom. The molecule has 0 amide bonds. The summed E-state index contributed by atoms with van der Waals surface area (Å²) in [4.78, 5) is 0. The molecule has 0 atom stereocenters. The Bertz CT molecular complexity index is 399. The van der Waals surface area contributed by atoms with Crippen molar-refractivity contribution in [2.75, 3.05) is 18.5 Å². The third-order valence-corrected chi connectivity index (χ3v) is 4.09. The number of anilines is 1. The van der Waals surface area contributed by atoms with Crippen LogP contribution in [0.2, 0.25) is 0 Å². The summed E-state index contributed by atoms with van der Waals surface area (Å²) in [7, 11) is 0. The summed E-state index contributed by atoms with van der Waals surface area (Å²) in [5, 5.41) is 13.0. The molecule has 1 aromatic carbocycles. The molecular weight excluding hydrogens is 229 g/mol. The third-order valence-electron chi connectivity index (χ3n) is 4.09. The molecule has 0 saturated heterocycles. The van der Waals surface area contributed by atoms with Crippen LogP contribution in [0.1, 0.15) is 37.7 Å². The van der Waals surface area contributed by atoms with Crippen molar-refractivity contribution in [3.8, 4) is 0 Å². The van der Waals surface area contributed by atoms with Gasteiger partial charge in [-0.2, -0.15) is 0 Å². The predicted octanol–water partition coefficient (Wildman–Crippen LogP) is 3.49. The molecule has 0 spiro atoms. The van der Waals surface area contributed by atoms with E-state index in [1.165, 1.54) is 31.4 Å². The Labute approximate surface area is 108 Å². The first kappa shape index (κ1) is 13.3. The number of halogens is 1. The van der Waals surface area contributed by atoms with Crippen LogP contribution in [-0.4, -0.2) is 18.3 Å². The number of benzene rings is 1. The van der Waals surface area contributed by atoms with Crippen molar-refractivity contribution >= 4 is 5.69 Å². The number of aliphatic hydroxyl groups excluding tert-OH is 1. The van der Waals surface area contributed by atoms with E-state index >= 15 is 0 Å². The summed E-state index contributed by atoms with van der Waals surface area (Å²) in [5.41, 5.74) is 1.90. The zero-order chi connectivity index (χ0) is 13.0. The molecule has 0 heterocycles. The second-order valence-corrected chi connectivity index (χ2v) is 5.53. The summed E-state index contributed by atoms with van der Waals surface area (Å²) < 4.78 is 13.0. The highest BCUT2D eigenvalue weighted by atomic mass is 19.1. The first-order valence-corrected chi connectivity index (χ1v) is 6.76. The Kier molecular flexibility index (Phi) is 4.23. The highest BCUT2D eigenvalue weighted by Crippen LogP contribution is 2.36. The average Bonchev–Trinajstić information content (AvgIpc) is 2.39. The van der Waals surface area contributed by atoms with Crippen molar-refractivity contribution in [3.63, 3.8) is 0 Å². The summed E-state index contributed by atoms with van der Waals surface area (Å²) in [6, 6.07) is 4.79. The molecule has 2 nitrogen and oxygen atoms in total. The van der Waals surface area contributed by atoms with Crippen LogP contribution in [0.3, 0.4) is 0 Å². The van der Waals surface area contributed by atoms with E-state index in [2.05, 4.69) is 5.32 Å². The van der Waals surface area contributed by atoms with Crippen molar-refractivity contribution < 1.29 is 9.50 Å². The molecule has 0 bridgehead atoms. The van der Waals surface area contributed by atoms with Gasteiger partial charge in [0, 0.05) is 17.6 Å². The summed E-state index contributed by atoms with van der Waals surface area (Å²) in [5.74, 6) is -0.201. The van der Waals surface area contributed by atoms with E-state index in [9.17, 15) is 9.50 Å². The number of nitrogens with one attached hydrogen (secondary N) is 1. The Morgan fingerprint density at radius 3 is 2.61 bits per heavy atom. The molecule has 1 aliphatic carbocycles. The maximum Gasteiger partial charge on any atom is 0.123 e. The number of aliphatic hydroxyl groups is 1. The highest BCUT2D eigenvalue weighted by molar-refractivity contribution is 5.50. The lowest BCUT2D eigenvalue weighted by Gasteiger charge is -2.36. The first-order chi connectivity index (χ1) is 8.65. The van der Waals surface area contributed by atoms with Crippen molar-refractivity contribution in [1.29, 1.82) is 0 Å². The molecule has 1 fully saturated rings. The summed E-state index contributed by atoms with van der Waals surface area (Å²) >= 11 is 0. The molecule has 1 saturated carbocycles. The van der Waals surface area contributed by atoms with Crippen molar-refractivity contribution in [2.45, 2.75) is 39.0 Å². The molecule has 2 N–H and O–H groups in total. The van der Waals surface area contributed by atoms with Gasteiger partial charge >= 0.3 is 0 Å². The van der Waals surface area contributed by atoms with Gasteiger partial charge in [0.2, 0.25) is 0 Å². The van der Waals surface area contributed by atoms with Crippen LogP contribution in [0.5, 0.6) is 0 Å². The molecule has 100 valence electrons. The lowest BCUT2D eigenvalue weighted by Crippen LogP contribution is -2.35. The second kappa shape index (κ2) is 5.70. The van der Waals surface area contributed by atoms with Gasteiger partial charge in [-0.1, -0.05) is 19.3 Å². The van der Waals surface area contributed by atoms with Crippen LogP contribution >= 0.6 is 0 Å². The molecule has 3 heteroatoms. The number of rotatable bonds is 4. The average molecular weight is 251 g/mol. The summed E-state index contributed by atoms with van der Waals surface area (Å²) in [6.07, 6.45) is 5.83. The molecule has 0 aromatic heterocycles. The second-order valence-electron chi connectivity index (χ2n) is 5.53. The fraction of sp³-hybridized carbons (Fsp3) is 0.600. The maximum absolute atomic E-state index is 13.0. The molecule has 0 aliphatic heterocycles. The minimum Gasteiger partial charge on any atom is -0.396 e. The molecule has 0 radical (unpaired) electrons. The van der Waals surface area contributed by atoms with E-state index in [-0.39, 0.29) is 17.8 Å². The van der Waals surface area contributed by atoms with Crippen LogP contribution in [0, 0.1) is 18.2 Å². The fourth-order valence-electron chi connectivity index (χ4n) is 2.80. The largest absolute Gasteiger partial charge is 0.396 e. The van der Waals surface area contributed by atoms with E-state index in [0.717, 1.165) is 30.6 Å². The number of hydrogen-bond acceptors (Lipinski definition) is 2. The quantitative estimate of drug-likeness (QED) is 0.858. The van der Waals surface area contributed by atoms with Gasteiger partial charge in [0.05, 0.1) is 6.61 Å². The van der Waals surface area contributed by atoms with Gasteiger partial charge < -0.3 is 10.4 Å². The predicted molar refractivity (Wildman–Crippen MR) is 72.2 cm³/mol. The van der Waals surface area contributed by atoms with Gasteiger partial charge in [0.15, 0.2) is 0 Å². The van der Waals surface area contributed by atoms with Crippen molar-refractivity contribution in [3.05, 3.63) is 29.6 Å². The van der Waals surface area contributed by atoms with Gasteiger partial charge in [-0.3, -0.25) is 0 Å². The molecule has 1 aliphatic rings. The first-order valence-electron chi connectivity index (χ1n) is 6.76. The summed E-state index contributed by atoms with van der Waals surface area (Å²) in [6.45, 7) is 2.91. The monoisotopic (exact) mass is 251 g/mol. The Hall–Kier alpha value is -1.09. The number of aryl methyl sites for hydroxylation is 1. The minimum absolute atomic E-state index is 0.0130. The maximum atomic E-state index is 13.0. The van der Waals surface area contributed by atoms with Gasteiger partial charge in [0.25, 0.3) is 0 Å². The molecule has 0 unspecified atom stereocenters. The van der Waals surface area contributed by atoms with Crippen molar-refractivity contribution in [2.24, 2.45) is 5.41 Å².